The molecule has 26 heavy (non-hydrogen) atoms. The van der Waals surface area contributed by atoms with Gasteiger partial charge in [0.15, 0.2) is 0 Å². The molecule has 2 aromatic rings. The van der Waals surface area contributed by atoms with Crippen LogP contribution in [0.25, 0.3) is 0 Å². The first-order valence-electron chi connectivity index (χ1n) is 8.66. The van der Waals surface area contributed by atoms with Crippen LogP contribution in [0.4, 0.5) is 0 Å². The van der Waals surface area contributed by atoms with Crippen molar-refractivity contribution in [3.05, 3.63) is 62.2 Å². The van der Waals surface area contributed by atoms with Crippen molar-refractivity contribution in [3.63, 3.8) is 0 Å². The maximum absolute atomic E-state index is 12.9. The predicted octanol–water partition coefficient (Wildman–Crippen LogP) is 4.30. The smallest absolute Gasteiger partial charge is 0.254 e. The van der Waals surface area contributed by atoms with Crippen molar-refractivity contribution in [2.75, 3.05) is 33.3 Å². The second-order valence-electron chi connectivity index (χ2n) is 6.39. The molecule has 3 rings (SSSR count). The van der Waals surface area contributed by atoms with Crippen molar-refractivity contribution in [2.24, 2.45) is 0 Å². The third-order valence-corrected chi connectivity index (χ3v) is 5.73. The van der Waals surface area contributed by atoms with Gasteiger partial charge in [0, 0.05) is 41.3 Å². The van der Waals surface area contributed by atoms with Crippen molar-refractivity contribution < 1.29 is 9.53 Å². The highest BCUT2D eigenvalue weighted by molar-refractivity contribution is 14.1. The number of halogens is 2. The molecule has 1 saturated heterocycles. The molecule has 6 heteroatoms. The van der Waals surface area contributed by atoms with Gasteiger partial charge in [-0.15, -0.1) is 0 Å². The van der Waals surface area contributed by atoms with Crippen LogP contribution in [-0.4, -0.2) is 49.0 Å². The number of amides is 1. The van der Waals surface area contributed by atoms with Gasteiger partial charge >= 0.3 is 0 Å². The second-order valence-corrected chi connectivity index (χ2v) is 7.99. The Morgan fingerprint density at radius 3 is 2.58 bits per heavy atom. The lowest BCUT2D eigenvalue weighted by atomic mass is 10.2. The zero-order chi connectivity index (χ0) is 18.5. The predicted molar refractivity (Wildman–Crippen MR) is 113 cm³/mol. The molecule has 1 aliphatic heterocycles. The van der Waals surface area contributed by atoms with Gasteiger partial charge < -0.3 is 9.64 Å². The fourth-order valence-corrected chi connectivity index (χ4v) is 4.26. The standard InChI is InChI=1S/C20H22ClIN2O2/c1-26-17-6-3-15(4-7-17)14-23-9-2-10-24(12-11-23)20(25)18-8-5-16(21)13-19(18)22/h3-8,13H,2,9-12,14H2,1H3. The molecule has 1 fully saturated rings. The number of ether oxygens (including phenoxy) is 1. The molecule has 4 nitrogen and oxygen atoms in total. The fraction of sp³-hybridized carbons (Fsp3) is 0.350. The first kappa shape index (κ1) is 19.5. The zero-order valence-electron chi connectivity index (χ0n) is 14.8. The number of carbonyl (C=O) groups is 1. The van der Waals surface area contributed by atoms with E-state index >= 15 is 0 Å². The molecule has 0 N–H and O–H groups in total. The van der Waals surface area contributed by atoms with Crippen molar-refractivity contribution >= 4 is 40.1 Å². The number of hydrogen-bond donors (Lipinski definition) is 0. The number of rotatable bonds is 4. The van der Waals surface area contributed by atoms with Crippen LogP contribution in [0, 0.1) is 3.57 Å². The highest BCUT2D eigenvalue weighted by Gasteiger charge is 2.22. The summed E-state index contributed by atoms with van der Waals surface area (Å²) in [6.45, 7) is 4.30. The van der Waals surface area contributed by atoms with Crippen LogP contribution >= 0.6 is 34.2 Å². The zero-order valence-corrected chi connectivity index (χ0v) is 17.7. The first-order chi connectivity index (χ1) is 12.6. The number of carbonyl (C=O) groups excluding carboxylic acids is 1. The van der Waals surface area contributed by atoms with Crippen LogP contribution < -0.4 is 4.74 Å². The summed E-state index contributed by atoms with van der Waals surface area (Å²) in [5.41, 5.74) is 2.00. The van der Waals surface area contributed by atoms with E-state index in [0.717, 1.165) is 54.0 Å². The third kappa shape index (κ3) is 4.90. The highest BCUT2D eigenvalue weighted by atomic mass is 127. The summed E-state index contributed by atoms with van der Waals surface area (Å²) in [6.07, 6.45) is 0.978. The van der Waals surface area contributed by atoms with Crippen LogP contribution in [0.2, 0.25) is 5.02 Å². The van der Waals surface area contributed by atoms with Crippen LogP contribution in [-0.2, 0) is 6.54 Å². The van der Waals surface area contributed by atoms with E-state index in [1.54, 1.807) is 13.2 Å². The van der Waals surface area contributed by atoms with Gasteiger partial charge in [-0.25, -0.2) is 0 Å². The Hall–Kier alpha value is -1.31. The largest absolute Gasteiger partial charge is 0.497 e. The fourth-order valence-electron chi connectivity index (χ4n) is 3.15. The van der Waals surface area contributed by atoms with Crippen molar-refractivity contribution in [2.45, 2.75) is 13.0 Å². The van der Waals surface area contributed by atoms with Crippen LogP contribution in [0.3, 0.4) is 0 Å². The third-order valence-electron chi connectivity index (χ3n) is 4.60. The van der Waals surface area contributed by atoms with Gasteiger partial charge in [-0.3, -0.25) is 9.69 Å². The SMILES string of the molecule is COc1ccc(CN2CCCN(C(=O)c3ccc(Cl)cc3I)CC2)cc1. The van der Waals surface area contributed by atoms with Gasteiger partial charge in [0.1, 0.15) is 5.75 Å². The Morgan fingerprint density at radius 1 is 1.12 bits per heavy atom. The van der Waals surface area contributed by atoms with E-state index in [1.165, 1.54) is 5.56 Å². The maximum atomic E-state index is 12.9. The Labute approximate surface area is 173 Å². The molecule has 1 heterocycles. The van der Waals surface area contributed by atoms with E-state index in [2.05, 4.69) is 39.6 Å². The minimum Gasteiger partial charge on any atom is -0.497 e. The molecule has 0 saturated carbocycles. The number of benzene rings is 2. The van der Waals surface area contributed by atoms with E-state index in [9.17, 15) is 4.79 Å². The van der Waals surface area contributed by atoms with Gasteiger partial charge in [-0.2, -0.15) is 0 Å². The molecule has 0 aromatic heterocycles. The minimum atomic E-state index is 0.0948. The summed E-state index contributed by atoms with van der Waals surface area (Å²) in [4.78, 5) is 17.2. The average Bonchev–Trinajstić information content (AvgIpc) is 2.87. The van der Waals surface area contributed by atoms with E-state index in [1.807, 2.05) is 29.2 Å². The van der Waals surface area contributed by atoms with Gasteiger partial charge in [0.25, 0.3) is 5.91 Å². The van der Waals surface area contributed by atoms with Gasteiger partial charge in [-0.1, -0.05) is 23.7 Å². The molecule has 0 aliphatic carbocycles. The molecular formula is C20H22ClIN2O2. The summed E-state index contributed by atoms with van der Waals surface area (Å²) < 4.78 is 6.11. The molecule has 0 atom stereocenters. The van der Waals surface area contributed by atoms with E-state index in [0.29, 0.717) is 5.02 Å². The molecule has 0 radical (unpaired) electrons. The second kappa shape index (κ2) is 9.06. The van der Waals surface area contributed by atoms with Crippen LogP contribution in [0.1, 0.15) is 22.3 Å². The van der Waals surface area contributed by atoms with Gasteiger partial charge in [-0.05, 0) is 64.9 Å². The summed E-state index contributed by atoms with van der Waals surface area (Å²) in [5.74, 6) is 0.969. The first-order valence-corrected chi connectivity index (χ1v) is 10.1. The summed E-state index contributed by atoms with van der Waals surface area (Å²) in [7, 11) is 1.68. The van der Waals surface area contributed by atoms with E-state index in [4.69, 9.17) is 16.3 Å². The van der Waals surface area contributed by atoms with Crippen LogP contribution in [0.5, 0.6) is 5.75 Å². The molecule has 138 valence electrons. The lowest BCUT2D eigenvalue weighted by Crippen LogP contribution is -2.35. The van der Waals surface area contributed by atoms with Gasteiger partial charge in [0.05, 0.1) is 12.7 Å². The maximum Gasteiger partial charge on any atom is 0.254 e. The summed E-state index contributed by atoms with van der Waals surface area (Å²) >= 11 is 8.18. The Morgan fingerprint density at radius 2 is 1.88 bits per heavy atom. The summed E-state index contributed by atoms with van der Waals surface area (Å²) in [6, 6.07) is 13.6. The molecule has 0 spiro atoms. The molecule has 2 aromatic carbocycles. The Bertz CT molecular complexity index is 767. The lowest BCUT2D eigenvalue weighted by Gasteiger charge is -2.22. The van der Waals surface area contributed by atoms with Crippen molar-refractivity contribution in [1.29, 1.82) is 0 Å². The number of hydrogen-bond acceptors (Lipinski definition) is 3. The average molecular weight is 485 g/mol. The molecule has 0 bridgehead atoms. The van der Waals surface area contributed by atoms with Crippen molar-refractivity contribution in [1.82, 2.24) is 9.80 Å². The van der Waals surface area contributed by atoms with E-state index in [-0.39, 0.29) is 5.91 Å². The quantitative estimate of drug-likeness (QED) is 0.607. The van der Waals surface area contributed by atoms with E-state index < -0.39 is 0 Å². The number of methoxy groups -OCH3 is 1. The molecular weight excluding hydrogens is 463 g/mol. The normalized spacial score (nSPS) is 15.6. The van der Waals surface area contributed by atoms with Crippen molar-refractivity contribution in [3.8, 4) is 5.75 Å². The van der Waals surface area contributed by atoms with Crippen LogP contribution in [0.15, 0.2) is 42.5 Å². The summed E-state index contributed by atoms with van der Waals surface area (Å²) in [5, 5.41) is 0.660. The topological polar surface area (TPSA) is 32.8 Å². The highest BCUT2D eigenvalue weighted by Crippen LogP contribution is 2.21. The minimum absolute atomic E-state index is 0.0948. The molecule has 1 amide bonds. The van der Waals surface area contributed by atoms with Gasteiger partial charge in [0.2, 0.25) is 0 Å². The Kier molecular flexibility index (Phi) is 6.78. The monoisotopic (exact) mass is 484 g/mol. The lowest BCUT2D eigenvalue weighted by molar-refractivity contribution is 0.0760. The Balaban J connectivity index is 1.61. The molecule has 1 aliphatic rings. The number of nitrogens with zero attached hydrogens (tertiary/aromatic N) is 2. The molecule has 0 unspecified atom stereocenters.